The number of carbonyl (C=O) groups excluding carboxylic acids is 1. The number of nitrogens with zero attached hydrogens (tertiary/aromatic N) is 2. The van der Waals surface area contributed by atoms with Crippen LogP contribution >= 0.6 is 0 Å². The van der Waals surface area contributed by atoms with E-state index in [4.69, 9.17) is 0 Å². The molecule has 4 rings (SSSR count). The minimum Gasteiger partial charge on any atom is -0.347 e. The number of fused-ring (bicyclic) bond motifs is 2. The quantitative estimate of drug-likeness (QED) is 0.584. The van der Waals surface area contributed by atoms with Crippen molar-refractivity contribution >= 4 is 27.8 Å². The number of para-hydroxylation sites is 3. The fourth-order valence-electron chi connectivity index (χ4n) is 3.12. The number of benzene rings is 2. The molecule has 25 heavy (non-hydrogen) atoms. The lowest BCUT2D eigenvalue weighted by Gasteiger charge is -2.12. The van der Waals surface area contributed by atoms with Gasteiger partial charge in [-0.25, -0.2) is 4.98 Å². The molecule has 0 saturated carbocycles. The molecule has 126 valence electrons. The van der Waals surface area contributed by atoms with E-state index in [2.05, 4.69) is 38.1 Å². The molecule has 0 aliphatic heterocycles. The van der Waals surface area contributed by atoms with Crippen LogP contribution in [0, 0.1) is 0 Å². The van der Waals surface area contributed by atoms with Gasteiger partial charge in [-0.05, 0) is 36.6 Å². The summed E-state index contributed by atoms with van der Waals surface area (Å²) in [4.78, 5) is 20.1. The van der Waals surface area contributed by atoms with Gasteiger partial charge in [0.05, 0.1) is 17.1 Å². The fraction of sp³-hybridized carbons (Fsp3) is 0.200. The van der Waals surface area contributed by atoms with Gasteiger partial charge < -0.3 is 14.9 Å². The molecule has 0 aliphatic carbocycles. The van der Waals surface area contributed by atoms with Crippen molar-refractivity contribution < 1.29 is 4.79 Å². The van der Waals surface area contributed by atoms with Gasteiger partial charge in [-0.1, -0.05) is 30.3 Å². The van der Waals surface area contributed by atoms with Crippen molar-refractivity contribution in [2.45, 2.75) is 25.9 Å². The Bertz CT molecular complexity index is 997. The van der Waals surface area contributed by atoms with E-state index in [9.17, 15) is 4.79 Å². The third kappa shape index (κ3) is 3.13. The standard InChI is InChI=1S/C20H20N4O/c1-14(20-22-16-7-3-4-8-17(16)23-20)21-19(25)11-13-24-12-10-15-6-2-5-9-18(15)24/h2-10,12,14H,11,13H2,1H3,(H,21,25)(H,22,23)/t14-/m1/s1. The van der Waals surface area contributed by atoms with Crippen LogP contribution in [0.15, 0.2) is 60.8 Å². The van der Waals surface area contributed by atoms with Crippen molar-refractivity contribution in [1.82, 2.24) is 19.9 Å². The molecule has 0 fully saturated rings. The second-order valence-corrected chi connectivity index (χ2v) is 6.25. The van der Waals surface area contributed by atoms with Crippen LogP contribution < -0.4 is 5.32 Å². The Morgan fingerprint density at radius 1 is 1.16 bits per heavy atom. The Balaban J connectivity index is 1.39. The summed E-state index contributed by atoms with van der Waals surface area (Å²) in [5.74, 6) is 0.798. The van der Waals surface area contributed by atoms with Gasteiger partial charge in [0.15, 0.2) is 0 Å². The van der Waals surface area contributed by atoms with E-state index >= 15 is 0 Å². The zero-order chi connectivity index (χ0) is 17.2. The molecular formula is C20H20N4O. The highest BCUT2D eigenvalue weighted by Gasteiger charge is 2.13. The third-order valence-electron chi connectivity index (χ3n) is 4.46. The van der Waals surface area contributed by atoms with Gasteiger partial charge in [0.1, 0.15) is 5.82 Å². The third-order valence-corrected chi connectivity index (χ3v) is 4.46. The Morgan fingerprint density at radius 3 is 2.84 bits per heavy atom. The summed E-state index contributed by atoms with van der Waals surface area (Å²) in [6.07, 6.45) is 2.46. The maximum Gasteiger partial charge on any atom is 0.222 e. The molecule has 5 nitrogen and oxygen atoms in total. The fourth-order valence-corrected chi connectivity index (χ4v) is 3.12. The van der Waals surface area contributed by atoms with Gasteiger partial charge in [0, 0.05) is 24.7 Å². The van der Waals surface area contributed by atoms with Crippen LogP contribution in [-0.2, 0) is 11.3 Å². The van der Waals surface area contributed by atoms with Crippen LogP contribution in [0.5, 0.6) is 0 Å². The van der Waals surface area contributed by atoms with E-state index in [-0.39, 0.29) is 11.9 Å². The monoisotopic (exact) mass is 332 g/mol. The number of amides is 1. The summed E-state index contributed by atoms with van der Waals surface area (Å²) in [5, 5.41) is 4.21. The van der Waals surface area contributed by atoms with Crippen molar-refractivity contribution in [3.8, 4) is 0 Å². The summed E-state index contributed by atoms with van der Waals surface area (Å²) < 4.78 is 2.11. The SMILES string of the molecule is C[C@@H](NC(=O)CCn1ccc2ccccc21)c1nc2ccccc2[nH]1. The van der Waals surface area contributed by atoms with Crippen LogP contribution in [0.3, 0.4) is 0 Å². The lowest BCUT2D eigenvalue weighted by atomic mass is 10.2. The molecule has 0 spiro atoms. The number of hydrogen-bond donors (Lipinski definition) is 2. The molecule has 0 saturated heterocycles. The van der Waals surface area contributed by atoms with Crippen molar-refractivity contribution in [1.29, 1.82) is 0 Å². The summed E-state index contributed by atoms with van der Waals surface area (Å²) in [6.45, 7) is 2.60. The average molecular weight is 332 g/mol. The van der Waals surface area contributed by atoms with Crippen LogP contribution in [0.2, 0.25) is 0 Å². The molecule has 1 amide bonds. The molecule has 2 N–H and O–H groups in total. The number of aryl methyl sites for hydroxylation is 1. The topological polar surface area (TPSA) is 62.7 Å². The number of nitrogens with one attached hydrogen (secondary N) is 2. The van der Waals surface area contributed by atoms with Crippen LogP contribution in [-0.4, -0.2) is 20.4 Å². The summed E-state index contributed by atoms with van der Waals surface area (Å²) in [5.41, 5.74) is 3.05. The highest BCUT2D eigenvalue weighted by atomic mass is 16.1. The van der Waals surface area contributed by atoms with Crippen LogP contribution in [0.4, 0.5) is 0 Å². The van der Waals surface area contributed by atoms with Crippen LogP contribution in [0.25, 0.3) is 21.9 Å². The van der Waals surface area contributed by atoms with Gasteiger partial charge in [0.25, 0.3) is 0 Å². The number of aromatic nitrogens is 3. The molecule has 0 bridgehead atoms. The molecule has 5 heteroatoms. The van der Waals surface area contributed by atoms with E-state index in [1.165, 1.54) is 5.39 Å². The molecule has 0 radical (unpaired) electrons. The molecule has 2 heterocycles. The highest BCUT2D eigenvalue weighted by Crippen LogP contribution is 2.17. The maximum atomic E-state index is 12.3. The van der Waals surface area contributed by atoms with Crippen molar-refractivity contribution in [2.75, 3.05) is 0 Å². The number of imidazole rings is 1. The van der Waals surface area contributed by atoms with Gasteiger partial charge >= 0.3 is 0 Å². The van der Waals surface area contributed by atoms with Crippen molar-refractivity contribution in [3.05, 3.63) is 66.6 Å². The molecule has 0 aliphatic rings. The van der Waals surface area contributed by atoms with Gasteiger partial charge in [-0.15, -0.1) is 0 Å². The summed E-state index contributed by atoms with van der Waals surface area (Å²) >= 11 is 0. The number of carbonyl (C=O) groups is 1. The molecule has 2 aromatic carbocycles. The first-order chi connectivity index (χ1) is 12.2. The maximum absolute atomic E-state index is 12.3. The van der Waals surface area contributed by atoms with Gasteiger partial charge in [-0.2, -0.15) is 0 Å². The average Bonchev–Trinajstić information content (AvgIpc) is 3.24. The summed E-state index contributed by atoms with van der Waals surface area (Å²) in [7, 11) is 0. The molecule has 0 unspecified atom stereocenters. The minimum atomic E-state index is -0.152. The van der Waals surface area contributed by atoms with E-state index in [1.54, 1.807) is 0 Å². The number of hydrogen-bond acceptors (Lipinski definition) is 2. The number of aromatic amines is 1. The Morgan fingerprint density at radius 2 is 1.96 bits per heavy atom. The van der Waals surface area contributed by atoms with Crippen molar-refractivity contribution in [2.24, 2.45) is 0 Å². The van der Waals surface area contributed by atoms with E-state index in [0.717, 1.165) is 22.4 Å². The normalized spacial score (nSPS) is 12.5. The molecule has 4 aromatic rings. The Labute approximate surface area is 145 Å². The largest absolute Gasteiger partial charge is 0.347 e. The number of rotatable bonds is 5. The number of H-pyrrole nitrogens is 1. The first-order valence-corrected chi connectivity index (χ1v) is 8.48. The van der Waals surface area contributed by atoms with E-state index in [0.29, 0.717) is 13.0 Å². The smallest absolute Gasteiger partial charge is 0.222 e. The molecular weight excluding hydrogens is 312 g/mol. The van der Waals surface area contributed by atoms with Gasteiger partial charge in [-0.3, -0.25) is 4.79 Å². The Hall–Kier alpha value is -3.08. The predicted octanol–water partition coefficient (Wildman–Crippen LogP) is 3.79. The zero-order valence-electron chi connectivity index (χ0n) is 14.1. The van der Waals surface area contributed by atoms with Gasteiger partial charge in [0.2, 0.25) is 5.91 Å². The van der Waals surface area contributed by atoms with Crippen molar-refractivity contribution in [3.63, 3.8) is 0 Å². The highest BCUT2D eigenvalue weighted by molar-refractivity contribution is 5.81. The second-order valence-electron chi connectivity index (χ2n) is 6.25. The second kappa shape index (κ2) is 6.43. The first kappa shape index (κ1) is 15.4. The molecule has 2 aromatic heterocycles. The Kier molecular flexibility index (Phi) is 3.98. The molecule has 1 atom stereocenters. The summed E-state index contributed by atoms with van der Waals surface area (Å²) in [6, 6.07) is 18.0. The predicted molar refractivity (Wildman–Crippen MR) is 99.2 cm³/mol. The minimum absolute atomic E-state index is 0.0192. The lowest BCUT2D eigenvalue weighted by molar-refractivity contribution is -0.122. The van der Waals surface area contributed by atoms with Crippen LogP contribution in [0.1, 0.15) is 25.2 Å². The first-order valence-electron chi connectivity index (χ1n) is 8.48. The van der Waals surface area contributed by atoms with E-state index < -0.39 is 0 Å². The lowest BCUT2D eigenvalue weighted by Crippen LogP contribution is -2.28. The zero-order valence-corrected chi connectivity index (χ0v) is 14.1. The van der Waals surface area contributed by atoms with E-state index in [1.807, 2.05) is 49.5 Å².